The smallest absolute Gasteiger partial charge is 0.326 e. The van der Waals surface area contributed by atoms with E-state index in [4.69, 9.17) is 16.9 Å². The van der Waals surface area contributed by atoms with Crippen molar-refractivity contribution in [3.8, 4) is 0 Å². The second-order valence-corrected chi connectivity index (χ2v) is 26.3. The first-order valence-electron chi connectivity index (χ1n) is 34.7. The van der Waals surface area contributed by atoms with Crippen LogP contribution in [0.2, 0.25) is 0 Å². The van der Waals surface area contributed by atoms with Gasteiger partial charge in [-0.25, -0.2) is 24.7 Å². The van der Waals surface area contributed by atoms with E-state index in [1.807, 2.05) is 0 Å². The molecule has 11 amide bonds. The second-order valence-electron chi connectivity index (χ2n) is 26.3. The molecule has 12 atom stereocenters. The first-order valence-corrected chi connectivity index (χ1v) is 34.7. The number of hydrogen-bond donors (Lipinski definition) is 22. The molecule has 0 saturated heterocycles. The number of nitrogens with zero attached hydrogens (tertiary/aromatic N) is 4. The summed E-state index contributed by atoms with van der Waals surface area (Å²) in [5.74, 6) is -12.3. The molecule has 4 aromatic heterocycles. The first-order chi connectivity index (χ1) is 51.1. The summed E-state index contributed by atoms with van der Waals surface area (Å²) in [5, 5.41) is 68.5. The molecule has 24 N–H and O–H groups in total. The van der Waals surface area contributed by atoms with Crippen LogP contribution in [-0.2, 0) is 96.1 Å². The fraction of sp³-hybridized carbons (Fsp3) is 0.464. The largest absolute Gasteiger partial charge is 0.480 e. The Morgan fingerprint density at radius 2 is 0.710 bits per heavy atom. The van der Waals surface area contributed by atoms with Crippen molar-refractivity contribution in [2.75, 3.05) is 19.8 Å². The number of nitrogens with one attached hydrogen (secondary N) is 17. The molecule has 0 saturated carbocycles. The highest BCUT2D eigenvalue weighted by Gasteiger charge is 2.38. The van der Waals surface area contributed by atoms with Crippen LogP contribution in [0, 0.1) is 17.2 Å². The summed E-state index contributed by atoms with van der Waals surface area (Å²) in [4.78, 5) is 198. The van der Waals surface area contributed by atoms with Crippen LogP contribution >= 0.6 is 0 Å². The summed E-state index contributed by atoms with van der Waals surface area (Å²) in [7, 11) is 0. The van der Waals surface area contributed by atoms with Crippen molar-refractivity contribution in [1.29, 1.82) is 5.41 Å². The standard InChI is InChI=1S/C69H97N23O15/c1-37(2)19-48(85-64(102)54(26-45-30-76-36-81-45)90-63(101)49(21-40-13-8-6-9-14-40)86-62(100)50(22-41-15-10-7-11-16-41)87-67(105)56(32-94)92-58(96)46(70)31-93)61(99)83-47(17-12-18-77-69(71)72)59(97)88-53(25-44-29-75-35-80-44)65(103)89-51(23-42-27-73-33-78-42)60(98)82-39(5)57(95)84-52(24-43-28-74-34-79-43)66(104)91-55(68(106)107)20-38(3)4/h6-11,13-16,27-30,33-39,46-56,93-94H,12,17-26,31-32,70H2,1-5H3,(H,73,78)(H,74,79)(H,75,80)(H,76,81)(H,82,98)(H,83,99)(H,84,95)(H,85,102)(H,86,100)(H,87,105)(H,88,97)(H,89,103)(H,90,101)(H,91,104)(H,92,96)(H,106,107)(H4,71,72,77)/t39-,46-,47-,48-,49-,50-,51-,52-,53-,54-,55-,56-/m0/s1. The van der Waals surface area contributed by atoms with Crippen molar-refractivity contribution in [3.63, 3.8) is 0 Å². The van der Waals surface area contributed by atoms with Gasteiger partial charge in [0.1, 0.15) is 72.5 Å². The highest BCUT2D eigenvalue weighted by molar-refractivity contribution is 5.99. The molecule has 0 aliphatic heterocycles. The van der Waals surface area contributed by atoms with Crippen LogP contribution in [0.1, 0.15) is 94.2 Å². The molecule has 107 heavy (non-hydrogen) atoms. The lowest BCUT2D eigenvalue weighted by atomic mass is 10.00. The number of H-pyrrole nitrogens is 4. The van der Waals surface area contributed by atoms with Crippen LogP contribution in [0.3, 0.4) is 0 Å². The van der Waals surface area contributed by atoms with Crippen LogP contribution in [-0.4, -0.2) is 224 Å². The van der Waals surface area contributed by atoms with Gasteiger partial charge in [-0.3, -0.25) is 58.1 Å². The molecule has 38 nitrogen and oxygen atoms in total. The van der Waals surface area contributed by atoms with Gasteiger partial charge in [-0.1, -0.05) is 88.4 Å². The van der Waals surface area contributed by atoms with Gasteiger partial charge in [0, 0.05) is 69.9 Å². The number of aliphatic carboxylic acids is 1. The third kappa shape index (κ3) is 28.6. The third-order valence-corrected chi connectivity index (χ3v) is 16.6. The number of carbonyl (C=O) groups excluding carboxylic acids is 11. The summed E-state index contributed by atoms with van der Waals surface area (Å²) in [6.45, 7) is 6.68. The summed E-state index contributed by atoms with van der Waals surface area (Å²) >= 11 is 0. The van der Waals surface area contributed by atoms with Crippen molar-refractivity contribution in [1.82, 2.24) is 104 Å². The van der Waals surface area contributed by atoms with Gasteiger partial charge in [0.2, 0.25) is 65.0 Å². The predicted molar refractivity (Wildman–Crippen MR) is 384 cm³/mol. The van der Waals surface area contributed by atoms with Crippen molar-refractivity contribution >= 4 is 76.9 Å². The number of aromatic amines is 4. The molecule has 0 spiro atoms. The van der Waals surface area contributed by atoms with E-state index in [1.54, 1.807) is 88.4 Å². The number of carbonyl (C=O) groups is 12. The van der Waals surface area contributed by atoms with Crippen molar-refractivity contribution in [2.24, 2.45) is 23.3 Å². The molecule has 6 aromatic rings. The van der Waals surface area contributed by atoms with E-state index >= 15 is 0 Å². The summed E-state index contributed by atoms with van der Waals surface area (Å²) in [5.41, 5.74) is 13.5. The Morgan fingerprint density at radius 1 is 0.402 bits per heavy atom. The van der Waals surface area contributed by atoms with Gasteiger partial charge >= 0.3 is 5.97 Å². The third-order valence-electron chi connectivity index (χ3n) is 16.6. The Morgan fingerprint density at radius 3 is 1.06 bits per heavy atom. The quantitative estimate of drug-likeness (QED) is 0.00972. The molecule has 0 aliphatic rings. The number of aliphatic hydroxyl groups excluding tert-OH is 2. The number of benzene rings is 2. The molecule has 0 fully saturated rings. The Labute approximate surface area is 615 Å². The Balaban J connectivity index is 1.24. The molecule has 0 unspecified atom stereocenters. The van der Waals surface area contributed by atoms with Gasteiger partial charge < -0.3 is 111 Å². The Kier molecular flexibility index (Phi) is 33.6. The summed E-state index contributed by atoms with van der Waals surface area (Å²) in [6, 6.07) is -0.771. The van der Waals surface area contributed by atoms with E-state index in [1.165, 1.54) is 57.0 Å². The number of aromatic nitrogens is 8. The van der Waals surface area contributed by atoms with Gasteiger partial charge in [0.25, 0.3) is 0 Å². The number of rotatable bonds is 45. The lowest BCUT2D eigenvalue weighted by Crippen LogP contribution is -2.61. The van der Waals surface area contributed by atoms with Crippen LogP contribution < -0.4 is 75.3 Å². The number of nitrogens with two attached hydrogens (primary N) is 2. The van der Waals surface area contributed by atoms with E-state index in [2.05, 4.69) is 104 Å². The molecule has 6 rings (SSSR count). The van der Waals surface area contributed by atoms with Crippen LogP contribution in [0.4, 0.5) is 0 Å². The number of carboxylic acids is 1. The topological polar surface area (TPSA) is 600 Å². The van der Waals surface area contributed by atoms with E-state index in [-0.39, 0.29) is 99.7 Å². The van der Waals surface area contributed by atoms with E-state index in [0.717, 1.165) is 0 Å². The van der Waals surface area contributed by atoms with Gasteiger partial charge in [-0.05, 0) is 55.6 Å². The van der Waals surface area contributed by atoms with E-state index < -0.39 is 163 Å². The monoisotopic (exact) mass is 1490 g/mol. The molecule has 578 valence electrons. The van der Waals surface area contributed by atoms with Crippen molar-refractivity contribution < 1.29 is 72.9 Å². The number of hydrogen-bond acceptors (Lipinski definition) is 20. The van der Waals surface area contributed by atoms with Gasteiger partial charge in [0.05, 0.1) is 61.3 Å². The maximum absolute atomic E-state index is 14.9. The number of aliphatic hydroxyl groups is 2. The minimum atomic E-state index is -1.63. The first kappa shape index (κ1) is 84.0. The highest BCUT2D eigenvalue weighted by Crippen LogP contribution is 2.14. The fourth-order valence-electron chi connectivity index (χ4n) is 11.0. The number of guanidine groups is 1. The highest BCUT2D eigenvalue weighted by atomic mass is 16.4. The maximum atomic E-state index is 14.9. The minimum absolute atomic E-state index is 0.0222. The molecule has 38 heteroatoms. The average molecular weight is 1490 g/mol. The number of carboxylic acid groups (broad SMARTS) is 1. The summed E-state index contributed by atoms with van der Waals surface area (Å²) < 4.78 is 0. The normalized spacial score (nSPS) is 14.6. The zero-order valence-electron chi connectivity index (χ0n) is 59.9. The SMILES string of the molecule is CC(C)C[C@H](NC(=O)[C@H](Cc1c[nH]cn1)NC(=O)[C@H](C)NC(=O)[C@H](Cc1c[nH]cn1)NC(=O)[C@H](Cc1c[nH]cn1)NC(=O)[C@H](CCCNC(=N)N)NC(=O)[C@H](CC(C)C)NC(=O)[C@H](Cc1c[nH]cn1)NC(=O)[C@H](Cc1ccccc1)NC(=O)[C@H](Cc1ccccc1)NC(=O)[C@H](CO)NC(=O)[C@@H](N)CO)C(=O)O. The molecule has 0 aliphatic carbocycles. The van der Waals surface area contributed by atoms with Crippen molar-refractivity contribution in [2.45, 2.75) is 171 Å². The summed E-state index contributed by atoms with van der Waals surface area (Å²) in [6.07, 6.45) is 9.68. The van der Waals surface area contributed by atoms with Gasteiger partial charge in [-0.15, -0.1) is 0 Å². The van der Waals surface area contributed by atoms with E-state index in [9.17, 15) is 72.9 Å². The van der Waals surface area contributed by atoms with E-state index in [0.29, 0.717) is 16.8 Å². The Hall–Kier alpha value is -11.9. The second kappa shape index (κ2) is 42.7. The van der Waals surface area contributed by atoms with Crippen LogP contribution in [0.15, 0.2) is 111 Å². The predicted octanol–water partition coefficient (Wildman–Crippen LogP) is -4.56. The molecular formula is C69H97N23O15. The zero-order valence-corrected chi connectivity index (χ0v) is 59.9. The fourth-order valence-corrected chi connectivity index (χ4v) is 11.0. The lowest BCUT2D eigenvalue weighted by molar-refractivity contribution is -0.142. The van der Waals surface area contributed by atoms with Gasteiger partial charge in [0.15, 0.2) is 5.96 Å². The molecular weight excluding hydrogens is 1390 g/mol. The van der Waals surface area contributed by atoms with Gasteiger partial charge in [-0.2, -0.15) is 0 Å². The molecule has 4 heterocycles. The van der Waals surface area contributed by atoms with Crippen LogP contribution in [0.25, 0.3) is 0 Å². The maximum Gasteiger partial charge on any atom is 0.326 e. The minimum Gasteiger partial charge on any atom is -0.480 e. The van der Waals surface area contributed by atoms with Crippen molar-refractivity contribution in [3.05, 3.63) is 145 Å². The Bertz CT molecular complexity index is 3850. The van der Waals surface area contributed by atoms with Crippen LogP contribution in [0.5, 0.6) is 0 Å². The zero-order chi connectivity index (χ0) is 78.1. The molecule has 0 radical (unpaired) electrons. The number of amides is 11. The molecule has 0 bridgehead atoms. The number of imidazole rings is 4. The molecule has 2 aromatic carbocycles. The average Bonchev–Trinajstić information content (AvgIpc) is 1.83. The lowest BCUT2D eigenvalue weighted by Gasteiger charge is -2.29.